The van der Waals surface area contributed by atoms with Gasteiger partial charge in [-0.05, 0) is 19.8 Å². The molecule has 3 heteroatoms. The highest BCUT2D eigenvalue weighted by molar-refractivity contribution is 5.77. The lowest BCUT2D eigenvalue weighted by atomic mass is 10.2. The predicted molar refractivity (Wildman–Crippen MR) is 47.0 cm³/mol. The Balaban J connectivity index is 2.04. The average Bonchev–Trinajstić information content (AvgIpc) is 2.61. The summed E-state index contributed by atoms with van der Waals surface area (Å²) < 4.78 is 0. The van der Waals surface area contributed by atoms with Gasteiger partial charge < -0.3 is 10.2 Å². The molecule has 2 amide bonds. The summed E-state index contributed by atoms with van der Waals surface area (Å²) in [4.78, 5) is 13.4. The van der Waals surface area contributed by atoms with Crippen molar-refractivity contribution in [3.8, 4) is 0 Å². The fourth-order valence-electron chi connectivity index (χ4n) is 2.33. The quantitative estimate of drug-likeness (QED) is 0.629. The number of urea groups is 1. The highest BCUT2D eigenvalue weighted by atomic mass is 16.2. The van der Waals surface area contributed by atoms with Crippen molar-refractivity contribution in [2.45, 2.75) is 44.7 Å². The zero-order chi connectivity index (χ0) is 8.55. The molecule has 0 spiro atoms. The van der Waals surface area contributed by atoms with Crippen molar-refractivity contribution in [2.75, 3.05) is 6.54 Å². The molecule has 1 N–H and O–H groups in total. The molecule has 0 aromatic heterocycles. The zero-order valence-electron chi connectivity index (χ0n) is 7.55. The number of nitrogens with zero attached hydrogens (tertiary/aromatic N) is 1. The maximum absolute atomic E-state index is 11.4. The Morgan fingerprint density at radius 1 is 1.42 bits per heavy atom. The molecule has 1 atom stereocenters. The van der Waals surface area contributed by atoms with Crippen LogP contribution in [0.4, 0.5) is 4.79 Å². The van der Waals surface area contributed by atoms with E-state index in [9.17, 15) is 4.79 Å². The standard InChI is InChI=1S/C9H16N2O/c1-7-6-10-9(12)11(7)8-4-2-3-5-8/h7-8H,2-6H2,1H3,(H,10,12)/t7-/m1/s1. The lowest BCUT2D eigenvalue weighted by Gasteiger charge is -2.26. The number of hydrogen-bond acceptors (Lipinski definition) is 1. The van der Waals surface area contributed by atoms with Crippen molar-refractivity contribution in [1.82, 2.24) is 10.2 Å². The van der Waals surface area contributed by atoms with Crippen LogP contribution in [0, 0.1) is 0 Å². The van der Waals surface area contributed by atoms with E-state index < -0.39 is 0 Å². The second-order valence-electron chi connectivity index (χ2n) is 3.88. The summed E-state index contributed by atoms with van der Waals surface area (Å²) in [5.74, 6) is 0. The Hall–Kier alpha value is -0.730. The van der Waals surface area contributed by atoms with Crippen molar-refractivity contribution in [3.63, 3.8) is 0 Å². The molecule has 68 valence electrons. The Morgan fingerprint density at radius 2 is 2.08 bits per heavy atom. The van der Waals surface area contributed by atoms with E-state index in [0.29, 0.717) is 12.1 Å². The molecule has 2 aliphatic rings. The van der Waals surface area contributed by atoms with Gasteiger partial charge in [0.1, 0.15) is 0 Å². The number of carbonyl (C=O) groups excluding carboxylic acids is 1. The van der Waals surface area contributed by atoms with E-state index in [1.54, 1.807) is 0 Å². The maximum atomic E-state index is 11.4. The van der Waals surface area contributed by atoms with Gasteiger partial charge in [0.15, 0.2) is 0 Å². The molecule has 2 rings (SSSR count). The van der Waals surface area contributed by atoms with E-state index in [4.69, 9.17) is 0 Å². The number of carbonyl (C=O) groups is 1. The number of nitrogens with one attached hydrogen (secondary N) is 1. The first-order valence-electron chi connectivity index (χ1n) is 4.85. The van der Waals surface area contributed by atoms with Crippen molar-refractivity contribution >= 4 is 6.03 Å². The molecular formula is C9H16N2O. The molecule has 12 heavy (non-hydrogen) atoms. The molecule has 0 bridgehead atoms. The molecule has 2 fully saturated rings. The summed E-state index contributed by atoms with van der Waals surface area (Å²) in [6.45, 7) is 2.95. The normalized spacial score (nSPS) is 31.2. The van der Waals surface area contributed by atoms with Gasteiger partial charge in [-0.1, -0.05) is 12.8 Å². The van der Waals surface area contributed by atoms with Gasteiger partial charge in [0, 0.05) is 18.6 Å². The van der Waals surface area contributed by atoms with Gasteiger partial charge >= 0.3 is 6.03 Å². The summed E-state index contributed by atoms with van der Waals surface area (Å²) in [6, 6.07) is 1.08. The smallest absolute Gasteiger partial charge is 0.318 e. The summed E-state index contributed by atoms with van der Waals surface area (Å²) in [6.07, 6.45) is 5.00. The topological polar surface area (TPSA) is 32.3 Å². The summed E-state index contributed by atoms with van der Waals surface area (Å²) in [7, 11) is 0. The summed E-state index contributed by atoms with van der Waals surface area (Å²) >= 11 is 0. The average molecular weight is 168 g/mol. The van der Waals surface area contributed by atoms with Crippen LogP contribution in [0.5, 0.6) is 0 Å². The first-order chi connectivity index (χ1) is 5.79. The van der Waals surface area contributed by atoms with Crippen LogP contribution in [-0.2, 0) is 0 Å². The monoisotopic (exact) mass is 168 g/mol. The van der Waals surface area contributed by atoms with Crippen LogP contribution in [0.1, 0.15) is 32.6 Å². The van der Waals surface area contributed by atoms with Gasteiger partial charge in [0.05, 0.1) is 0 Å². The van der Waals surface area contributed by atoms with Gasteiger partial charge in [0.2, 0.25) is 0 Å². The second-order valence-corrected chi connectivity index (χ2v) is 3.88. The van der Waals surface area contributed by atoms with Crippen molar-refractivity contribution in [3.05, 3.63) is 0 Å². The third-order valence-electron chi connectivity index (χ3n) is 2.98. The van der Waals surface area contributed by atoms with E-state index in [0.717, 1.165) is 6.54 Å². The molecule has 0 unspecified atom stereocenters. The van der Waals surface area contributed by atoms with E-state index in [-0.39, 0.29) is 6.03 Å². The molecule has 3 nitrogen and oxygen atoms in total. The van der Waals surface area contributed by atoms with Crippen LogP contribution < -0.4 is 5.32 Å². The summed E-state index contributed by atoms with van der Waals surface area (Å²) in [5, 5.41) is 2.88. The lowest BCUT2D eigenvalue weighted by Crippen LogP contribution is -2.40. The Morgan fingerprint density at radius 3 is 2.58 bits per heavy atom. The summed E-state index contributed by atoms with van der Waals surface area (Å²) in [5.41, 5.74) is 0. The molecule has 1 saturated carbocycles. The van der Waals surface area contributed by atoms with Crippen molar-refractivity contribution in [2.24, 2.45) is 0 Å². The van der Waals surface area contributed by atoms with E-state index in [1.807, 2.05) is 4.90 Å². The fourth-order valence-corrected chi connectivity index (χ4v) is 2.33. The molecule has 1 aliphatic heterocycles. The van der Waals surface area contributed by atoms with E-state index in [2.05, 4.69) is 12.2 Å². The van der Waals surface area contributed by atoms with E-state index in [1.165, 1.54) is 25.7 Å². The maximum Gasteiger partial charge on any atom is 0.318 e. The lowest BCUT2D eigenvalue weighted by molar-refractivity contribution is 0.181. The third kappa shape index (κ3) is 1.17. The predicted octanol–water partition coefficient (Wildman–Crippen LogP) is 1.34. The van der Waals surface area contributed by atoms with E-state index >= 15 is 0 Å². The minimum atomic E-state index is 0.148. The zero-order valence-corrected chi connectivity index (χ0v) is 7.55. The van der Waals surface area contributed by atoms with Crippen LogP contribution in [0.3, 0.4) is 0 Å². The van der Waals surface area contributed by atoms with Crippen LogP contribution in [0.15, 0.2) is 0 Å². The molecule has 1 saturated heterocycles. The largest absolute Gasteiger partial charge is 0.336 e. The molecule has 0 radical (unpaired) electrons. The first kappa shape index (κ1) is 7.90. The highest BCUT2D eigenvalue weighted by Gasteiger charge is 2.34. The first-order valence-corrected chi connectivity index (χ1v) is 4.85. The van der Waals surface area contributed by atoms with Crippen molar-refractivity contribution in [1.29, 1.82) is 0 Å². The highest BCUT2D eigenvalue weighted by Crippen LogP contribution is 2.26. The minimum Gasteiger partial charge on any atom is -0.336 e. The van der Waals surface area contributed by atoms with Crippen LogP contribution in [-0.4, -0.2) is 29.6 Å². The van der Waals surface area contributed by atoms with Gasteiger partial charge in [-0.2, -0.15) is 0 Å². The third-order valence-corrected chi connectivity index (χ3v) is 2.98. The Bertz CT molecular complexity index is 187. The Kier molecular flexibility index (Phi) is 1.95. The van der Waals surface area contributed by atoms with Gasteiger partial charge in [-0.25, -0.2) is 4.79 Å². The van der Waals surface area contributed by atoms with Crippen molar-refractivity contribution < 1.29 is 4.79 Å². The number of amides is 2. The fraction of sp³-hybridized carbons (Fsp3) is 0.889. The van der Waals surface area contributed by atoms with Gasteiger partial charge in [-0.15, -0.1) is 0 Å². The number of hydrogen-bond donors (Lipinski definition) is 1. The molecular weight excluding hydrogens is 152 g/mol. The Labute approximate surface area is 73.1 Å². The minimum absolute atomic E-state index is 0.148. The second kappa shape index (κ2) is 2.96. The molecule has 0 aromatic carbocycles. The number of rotatable bonds is 1. The van der Waals surface area contributed by atoms with Crippen LogP contribution in [0.25, 0.3) is 0 Å². The van der Waals surface area contributed by atoms with Crippen LogP contribution >= 0.6 is 0 Å². The van der Waals surface area contributed by atoms with Crippen LogP contribution in [0.2, 0.25) is 0 Å². The molecule has 1 aliphatic carbocycles. The van der Waals surface area contributed by atoms with Gasteiger partial charge in [0.25, 0.3) is 0 Å². The molecule has 0 aromatic rings. The SMILES string of the molecule is C[C@@H]1CNC(=O)N1C1CCCC1. The van der Waals surface area contributed by atoms with Gasteiger partial charge in [-0.3, -0.25) is 0 Å². The molecule has 1 heterocycles.